The van der Waals surface area contributed by atoms with Crippen LogP contribution in [0.2, 0.25) is 0 Å². The van der Waals surface area contributed by atoms with Gasteiger partial charge >= 0.3 is 0 Å². The predicted octanol–water partition coefficient (Wildman–Crippen LogP) is 5.52. The van der Waals surface area contributed by atoms with Crippen LogP contribution in [0, 0.1) is 0 Å². The summed E-state index contributed by atoms with van der Waals surface area (Å²) >= 11 is 3.59. The van der Waals surface area contributed by atoms with Crippen LogP contribution in [0.15, 0.2) is 53.0 Å². The first-order chi connectivity index (χ1) is 10.3. The topological polar surface area (TPSA) is 17.8 Å². The van der Waals surface area contributed by atoms with Crippen molar-refractivity contribution in [3.63, 3.8) is 0 Å². The van der Waals surface area contributed by atoms with Crippen LogP contribution in [-0.4, -0.2) is 9.55 Å². The fourth-order valence-electron chi connectivity index (χ4n) is 3.03. The Bertz CT molecular complexity index is 969. The molecule has 2 nitrogen and oxygen atoms in total. The molecule has 21 heavy (non-hydrogen) atoms. The second-order valence-corrected chi connectivity index (χ2v) is 6.28. The van der Waals surface area contributed by atoms with Crippen molar-refractivity contribution >= 4 is 48.8 Å². The van der Waals surface area contributed by atoms with E-state index in [4.69, 9.17) is 4.98 Å². The second kappa shape index (κ2) is 4.85. The summed E-state index contributed by atoms with van der Waals surface area (Å²) in [6.45, 7) is 3.20. The van der Waals surface area contributed by atoms with Gasteiger partial charge in [0.1, 0.15) is 5.65 Å². The summed E-state index contributed by atoms with van der Waals surface area (Å²) in [7, 11) is 0. The van der Waals surface area contributed by atoms with Crippen molar-refractivity contribution < 1.29 is 0 Å². The van der Waals surface area contributed by atoms with Crippen molar-refractivity contribution in [1.29, 1.82) is 0 Å². The number of aryl methyl sites for hydroxylation is 1. The summed E-state index contributed by atoms with van der Waals surface area (Å²) in [4.78, 5) is 4.91. The SMILES string of the molecule is CCCn1c2ccc(Br)cc2c2cc3ccccc3nc21. The molecule has 0 fully saturated rings. The highest BCUT2D eigenvalue weighted by atomic mass is 79.9. The van der Waals surface area contributed by atoms with Crippen LogP contribution in [-0.2, 0) is 6.54 Å². The average Bonchev–Trinajstić information content (AvgIpc) is 2.79. The Morgan fingerprint density at radius 3 is 2.76 bits per heavy atom. The van der Waals surface area contributed by atoms with Gasteiger partial charge < -0.3 is 4.57 Å². The highest BCUT2D eigenvalue weighted by Gasteiger charge is 2.12. The fourth-order valence-corrected chi connectivity index (χ4v) is 3.39. The van der Waals surface area contributed by atoms with Crippen molar-refractivity contribution in [2.24, 2.45) is 0 Å². The lowest BCUT2D eigenvalue weighted by molar-refractivity contribution is 0.718. The van der Waals surface area contributed by atoms with Crippen LogP contribution in [0.1, 0.15) is 13.3 Å². The molecule has 0 aliphatic carbocycles. The molecule has 0 amide bonds. The van der Waals surface area contributed by atoms with Gasteiger partial charge in [-0.2, -0.15) is 0 Å². The number of fused-ring (bicyclic) bond motifs is 4. The van der Waals surface area contributed by atoms with Crippen molar-refractivity contribution in [1.82, 2.24) is 9.55 Å². The molecule has 0 bridgehead atoms. The molecule has 0 saturated heterocycles. The maximum atomic E-state index is 4.91. The Morgan fingerprint density at radius 1 is 1.05 bits per heavy atom. The van der Waals surface area contributed by atoms with Crippen molar-refractivity contribution in [3.05, 3.63) is 53.0 Å². The van der Waals surface area contributed by atoms with Gasteiger partial charge in [0.05, 0.1) is 11.0 Å². The van der Waals surface area contributed by atoms with Gasteiger partial charge in [-0.3, -0.25) is 0 Å². The maximum absolute atomic E-state index is 4.91. The zero-order valence-electron chi connectivity index (χ0n) is 11.8. The zero-order chi connectivity index (χ0) is 14.4. The minimum Gasteiger partial charge on any atom is -0.325 e. The molecule has 2 aromatic heterocycles. The van der Waals surface area contributed by atoms with Gasteiger partial charge in [-0.25, -0.2) is 4.98 Å². The second-order valence-electron chi connectivity index (χ2n) is 5.37. The molecule has 0 aliphatic heterocycles. The number of benzene rings is 2. The Labute approximate surface area is 131 Å². The first kappa shape index (κ1) is 12.8. The summed E-state index contributed by atoms with van der Waals surface area (Å²) in [5.41, 5.74) is 3.41. The van der Waals surface area contributed by atoms with Gasteiger partial charge in [-0.1, -0.05) is 41.1 Å². The molecule has 0 spiro atoms. The largest absolute Gasteiger partial charge is 0.325 e. The minimum absolute atomic E-state index is 0.993. The molecule has 0 radical (unpaired) electrons. The number of rotatable bonds is 2. The standard InChI is InChI=1S/C18H15BrN2/c1-2-9-21-17-8-7-13(19)11-14(17)15-10-12-5-3-4-6-16(12)20-18(15)21/h3-8,10-11H,2,9H2,1H3. The number of hydrogen-bond donors (Lipinski definition) is 0. The number of para-hydroxylation sites is 1. The third-order valence-corrected chi connectivity index (χ3v) is 4.44. The summed E-state index contributed by atoms with van der Waals surface area (Å²) in [6.07, 6.45) is 1.10. The first-order valence-corrected chi connectivity index (χ1v) is 8.04. The lowest BCUT2D eigenvalue weighted by Crippen LogP contribution is -1.97. The van der Waals surface area contributed by atoms with Crippen LogP contribution < -0.4 is 0 Å². The van der Waals surface area contributed by atoms with Crippen LogP contribution in [0.4, 0.5) is 0 Å². The van der Waals surface area contributed by atoms with Gasteiger partial charge in [-0.05, 0) is 36.8 Å². The molecule has 2 heterocycles. The van der Waals surface area contributed by atoms with Crippen molar-refractivity contribution in [3.8, 4) is 0 Å². The summed E-state index contributed by atoms with van der Waals surface area (Å²) in [6, 6.07) is 17.1. The van der Waals surface area contributed by atoms with Crippen LogP contribution >= 0.6 is 15.9 Å². The molecule has 0 atom stereocenters. The quantitative estimate of drug-likeness (QED) is 0.470. The molecule has 104 valence electrons. The lowest BCUT2D eigenvalue weighted by atomic mass is 10.1. The van der Waals surface area contributed by atoms with Gasteiger partial charge in [0, 0.05) is 27.2 Å². The predicted molar refractivity (Wildman–Crippen MR) is 92.7 cm³/mol. The van der Waals surface area contributed by atoms with Gasteiger partial charge in [0.25, 0.3) is 0 Å². The Balaban J connectivity index is 2.22. The van der Waals surface area contributed by atoms with E-state index in [1.165, 1.54) is 21.7 Å². The summed E-state index contributed by atoms with van der Waals surface area (Å²) < 4.78 is 3.45. The van der Waals surface area contributed by atoms with E-state index in [0.717, 1.165) is 28.6 Å². The first-order valence-electron chi connectivity index (χ1n) is 7.25. The van der Waals surface area contributed by atoms with E-state index in [1.54, 1.807) is 0 Å². The van der Waals surface area contributed by atoms with Gasteiger partial charge in [0.15, 0.2) is 0 Å². The van der Waals surface area contributed by atoms with Crippen LogP contribution in [0.25, 0.3) is 32.8 Å². The van der Waals surface area contributed by atoms with E-state index < -0.39 is 0 Å². The third-order valence-electron chi connectivity index (χ3n) is 3.95. The normalized spacial score (nSPS) is 11.7. The molecule has 0 aliphatic rings. The van der Waals surface area contributed by atoms with E-state index >= 15 is 0 Å². The number of nitrogens with zero attached hydrogens (tertiary/aromatic N) is 2. The van der Waals surface area contributed by atoms with E-state index in [2.05, 4.69) is 69.9 Å². The third kappa shape index (κ3) is 1.95. The molecule has 0 saturated carbocycles. The van der Waals surface area contributed by atoms with Gasteiger partial charge in [-0.15, -0.1) is 0 Å². The van der Waals surface area contributed by atoms with Gasteiger partial charge in [0.2, 0.25) is 0 Å². The maximum Gasteiger partial charge on any atom is 0.141 e. The Hall–Kier alpha value is -1.87. The zero-order valence-corrected chi connectivity index (χ0v) is 13.4. The molecular weight excluding hydrogens is 324 g/mol. The average molecular weight is 339 g/mol. The fraction of sp³-hybridized carbons (Fsp3) is 0.167. The van der Waals surface area contributed by atoms with E-state index in [-0.39, 0.29) is 0 Å². The Morgan fingerprint density at radius 2 is 1.90 bits per heavy atom. The number of halogens is 1. The molecular formula is C18H15BrN2. The lowest BCUT2D eigenvalue weighted by Gasteiger charge is -2.05. The van der Waals surface area contributed by atoms with E-state index in [0.29, 0.717) is 0 Å². The molecule has 2 aromatic carbocycles. The molecule has 0 unspecified atom stereocenters. The van der Waals surface area contributed by atoms with Crippen molar-refractivity contribution in [2.45, 2.75) is 19.9 Å². The van der Waals surface area contributed by atoms with Crippen LogP contribution in [0.5, 0.6) is 0 Å². The highest BCUT2D eigenvalue weighted by molar-refractivity contribution is 9.10. The monoisotopic (exact) mass is 338 g/mol. The Kier molecular flexibility index (Phi) is 2.96. The molecule has 4 rings (SSSR count). The summed E-state index contributed by atoms with van der Waals surface area (Å²) in [5.74, 6) is 0. The smallest absolute Gasteiger partial charge is 0.141 e. The van der Waals surface area contributed by atoms with Crippen molar-refractivity contribution in [2.75, 3.05) is 0 Å². The minimum atomic E-state index is 0.993. The highest BCUT2D eigenvalue weighted by Crippen LogP contribution is 2.32. The van der Waals surface area contributed by atoms with Crippen LogP contribution in [0.3, 0.4) is 0 Å². The number of aromatic nitrogens is 2. The van der Waals surface area contributed by atoms with E-state index in [1.807, 2.05) is 6.07 Å². The number of hydrogen-bond acceptors (Lipinski definition) is 1. The molecule has 0 N–H and O–H groups in total. The number of pyridine rings is 1. The molecule has 3 heteroatoms. The van der Waals surface area contributed by atoms with E-state index in [9.17, 15) is 0 Å². The molecule has 4 aromatic rings. The summed E-state index contributed by atoms with van der Waals surface area (Å²) in [5, 5.41) is 3.70.